The molecule has 17 heavy (non-hydrogen) atoms. The standard InChI is InChI=1S/C13H18O3S/c1-2-11-7-3-6-10-13(11)17(14,15)16-12-8-4-5-9-12/h3,6-7,10,12H,2,4-5,8-9H2,1H3. The molecular formula is C13H18O3S. The highest BCUT2D eigenvalue weighted by Gasteiger charge is 2.25. The van der Waals surface area contributed by atoms with Crippen molar-refractivity contribution in [2.45, 2.75) is 50.0 Å². The fourth-order valence-electron chi connectivity index (χ4n) is 2.26. The highest BCUT2D eigenvalue weighted by atomic mass is 32.2. The first-order chi connectivity index (χ1) is 8.13. The van der Waals surface area contributed by atoms with Gasteiger partial charge in [-0.2, -0.15) is 8.42 Å². The lowest BCUT2D eigenvalue weighted by atomic mass is 10.2. The molecule has 0 amide bonds. The molecule has 0 spiro atoms. The van der Waals surface area contributed by atoms with E-state index in [1.54, 1.807) is 12.1 Å². The first-order valence-corrected chi connectivity index (χ1v) is 7.55. The molecule has 0 heterocycles. The van der Waals surface area contributed by atoms with Crippen LogP contribution in [0.4, 0.5) is 0 Å². The van der Waals surface area contributed by atoms with Crippen LogP contribution in [0.1, 0.15) is 38.2 Å². The van der Waals surface area contributed by atoms with Gasteiger partial charge in [0, 0.05) is 0 Å². The summed E-state index contributed by atoms with van der Waals surface area (Å²) < 4.78 is 29.6. The lowest BCUT2D eigenvalue weighted by Gasteiger charge is -2.13. The van der Waals surface area contributed by atoms with Crippen molar-refractivity contribution in [3.63, 3.8) is 0 Å². The first kappa shape index (κ1) is 12.6. The van der Waals surface area contributed by atoms with Crippen LogP contribution in [-0.2, 0) is 20.7 Å². The lowest BCUT2D eigenvalue weighted by Crippen LogP contribution is -2.16. The zero-order valence-electron chi connectivity index (χ0n) is 10.1. The van der Waals surface area contributed by atoms with E-state index < -0.39 is 10.1 Å². The van der Waals surface area contributed by atoms with Crippen molar-refractivity contribution in [1.29, 1.82) is 0 Å². The predicted molar refractivity (Wildman–Crippen MR) is 66.3 cm³/mol. The molecule has 2 rings (SSSR count). The van der Waals surface area contributed by atoms with Crippen LogP contribution in [0.3, 0.4) is 0 Å². The van der Waals surface area contributed by atoms with Crippen molar-refractivity contribution in [3.8, 4) is 0 Å². The van der Waals surface area contributed by atoms with Gasteiger partial charge < -0.3 is 0 Å². The van der Waals surface area contributed by atoms with Gasteiger partial charge in [0.25, 0.3) is 10.1 Å². The van der Waals surface area contributed by atoms with Crippen molar-refractivity contribution >= 4 is 10.1 Å². The van der Waals surface area contributed by atoms with Crippen molar-refractivity contribution in [2.75, 3.05) is 0 Å². The van der Waals surface area contributed by atoms with Gasteiger partial charge in [0.15, 0.2) is 0 Å². The maximum absolute atomic E-state index is 12.1. The summed E-state index contributed by atoms with van der Waals surface area (Å²) in [5.74, 6) is 0. The van der Waals surface area contributed by atoms with Crippen LogP contribution in [0.25, 0.3) is 0 Å². The Bertz CT molecular complexity index is 473. The summed E-state index contributed by atoms with van der Waals surface area (Å²) in [6.07, 6.45) is 4.42. The van der Waals surface area contributed by atoms with Crippen LogP contribution in [0.15, 0.2) is 29.2 Å². The number of aryl methyl sites for hydroxylation is 1. The third-order valence-electron chi connectivity index (χ3n) is 3.19. The highest BCUT2D eigenvalue weighted by Crippen LogP contribution is 2.26. The zero-order valence-corrected chi connectivity index (χ0v) is 10.9. The molecule has 4 heteroatoms. The molecule has 1 saturated carbocycles. The van der Waals surface area contributed by atoms with E-state index in [1.807, 2.05) is 19.1 Å². The molecule has 0 saturated heterocycles. The summed E-state index contributed by atoms with van der Waals surface area (Å²) in [7, 11) is -3.59. The van der Waals surface area contributed by atoms with Crippen LogP contribution >= 0.6 is 0 Å². The van der Waals surface area contributed by atoms with E-state index in [-0.39, 0.29) is 6.10 Å². The van der Waals surface area contributed by atoms with Gasteiger partial charge in [-0.15, -0.1) is 0 Å². The largest absolute Gasteiger partial charge is 0.297 e. The van der Waals surface area contributed by atoms with Crippen molar-refractivity contribution in [2.24, 2.45) is 0 Å². The number of rotatable bonds is 4. The van der Waals surface area contributed by atoms with Gasteiger partial charge >= 0.3 is 0 Å². The molecule has 0 radical (unpaired) electrons. The van der Waals surface area contributed by atoms with Crippen LogP contribution < -0.4 is 0 Å². The summed E-state index contributed by atoms with van der Waals surface area (Å²) in [5.41, 5.74) is 0.825. The number of hydrogen-bond acceptors (Lipinski definition) is 3. The van der Waals surface area contributed by atoms with Crippen molar-refractivity contribution < 1.29 is 12.6 Å². The monoisotopic (exact) mass is 254 g/mol. The summed E-state index contributed by atoms with van der Waals surface area (Å²) in [4.78, 5) is 0.328. The van der Waals surface area contributed by atoms with Crippen molar-refractivity contribution in [3.05, 3.63) is 29.8 Å². The Morgan fingerprint density at radius 1 is 1.24 bits per heavy atom. The summed E-state index contributed by atoms with van der Waals surface area (Å²) in [5, 5.41) is 0. The number of hydrogen-bond donors (Lipinski definition) is 0. The third-order valence-corrected chi connectivity index (χ3v) is 4.65. The second kappa shape index (κ2) is 5.19. The first-order valence-electron chi connectivity index (χ1n) is 6.14. The minimum atomic E-state index is -3.59. The molecular weight excluding hydrogens is 236 g/mol. The van der Waals surface area contributed by atoms with Gasteiger partial charge in [-0.3, -0.25) is 4.18 Å². The van der Waals surface area contributed by atoms with Crippen LogP contribution in [0, 0.1) is 0 Å². The van der Waals surface area contributed by atoms with E-state index in [2.05, 4.69) is 0 Å². The maximum Gasteiger partial charge on any atom is 0.297 e. The van der Waals surface area contributed by atoms with Crippen LogP contribution in [0.2, 0.25) is 0 Å². The lowest BCUT2D eigenvalue weighted by molar-refractivity contribution is 0.217. The molecule has 94 valence electrons. The molecule has 0 N–H and O–H groups in total. The Hall–Kier alpha value is -0.870. The Morgan fingerprint density at radius 3 is 2.53 bits per heavy atom. The van der Waals surface area contributed by atoms with E-state index in [9.17, 15) is 8.42 Å². The topological polar surface area (TPSA) is 43.4 Å². The molecule has 0 aliphatic heterocycles. The van der Waals surface area contributed by atoms with E-state index in [0.29, 0.717) is 11.3 Å². The average molecular weight is 254 g/mol. The van der Waals surface area contributed by atoms with Gasteiger partial charge in [0.2, 0.25) is 0 Å². The summed E-state index contributed by atoms with van der Waals surface area (Å²) >= 11 is 0. The van der Waals surface area contributed by atoms with Gasteiger partial charge in [-0.05, 0) is 30.9 Å². The second-order valence-electron chi connectivity index (χ2n) is 4.42. The fourth-order valence-corrected chi connectivity index (χ4v) is 3.69. The quantitative estimate of drug-likeness (QED) is 0.776. The summed E-state index contributed by atoms with van der Waals surface area (Å²) in [6.45, 7) is 1.95. The Kier molecular flexibility index (Phi) is 3.84. The normalized spacial score (nSPS) is 17.5. The third kappa shape index (κ3) is 2.87. The maximum atomic E-state index is 12.1. The molecule has 1 aromatic carbocycles. The smallest absolute Gasteiger partial charge is 0.263 e. The summed E-state index contributed by atoms with van der Waals surface area (Å²) in [6, 6.07) is 7.06. The fraction of sp³-hybridized carbons (Fsp3) is 0.538. The van der Waals surface area contributed by atoms with Gasteiger partial charge in [-0.1, -0.05) is 38.0 Å². The van der Waals surface area contributed by atoms with Gasteiger partial charge in [0.05, 0.1) is 11.0 Å². The molecule has 1 aromatic rings. The zero-order chi connectivity index (χ0) is 12.3. The molecule has 1 fully saturated rings. The molecule has 1 aliphatic carbocycles. The molecule has 0 bridgehead atoms. The SMILES string of the molecule is CCc1ccccc1S(=O)(=O)OC1CCCC1. The van der Waals surface area contributed by atoms with E-state index in [1.165, 1.54) is 0 Å². The van der Waals surface area contributed by atoms with Gasteiger partial charge in [0.1, 0.15) is 0 Å². The minimum Gasteiger partial charge on any atom is -0.263 e. The van der Waals surface area contributed by atoms with E-state index >= 15 is 0 Å². The minimum absolute atomic E-state index is 0.120. The van der Waals surface area contributed by atoms with Crippen LogP contribution in [-0.4, -0.2) is 14.5 Å². The molecule has 3 nitrogen and oxygen atoms in total. The van der Waals surface area contributed by atoms with E-state index in [0.717, 1.165) is 31.2 Å². The Labute approximate surface area is 103 Å². The second-order valence-corrected chi connectivity index (χ2v) is 5.96. The molecule has 0 atom stereocenters. The molecule has 0 aromatic heterocycles. The molecule has 0 unspecified atom stereocenters. The highest BCUT2D eigenvalue weighted by molar-refractivity contribution is 7.86. The van der Waals surface area contributed by atoms with Crippen molar-refractivity contribution in [1.82, 2.24) is 0 Å². The molecule has 1 aliphatic rings. The predicted octanol–water partition coefficient (Wildman–Crippen LogP) is 2.90. The average Bonchev–Trinajstić information content (AvgIpc) is 2.81. The van der Waals surface area contributed by atoms with Crippen LogP contribution in [0.5, 0.6) is 0 Å². The Balaban J connectivity index is 2.24. The van der Waals surface area contributed by atoms with E-state index in [4.69, 9.17) is 4.18 Å². The Morgan fingerprint density at radius 2 is 1.88 bits per heavy atom. The van der Waals surface area contributed by atoms with Gasteiger partial charge in [-0.25, -0.2) is 0 Å². The number of benzene rings is 1.